The molecule has 1 aliphatic rings. The molecule has 0 spiro atoms. The molecule has 2 amide bonds. The lowest BCUT2D eigenvalue weighted by atomic mass is 10.1. The second-order valence-electron chi connectivity index (χ2n) is 7.32. The summed E-state index contributed by atoms with van der Waals surface area (Å²) in [5.41, 5.74) is -1.51. The third-order valence-corrected chi connectivity index (χ3v) is 4.30. The molecule has 1 aliphatic heterocycles. The quantitative estimate of drug-likeness (QED) is 0.760. The Balaban J connectivity index is 1.76. The van der Waals surface area contributed by atoms with Crippen molar-refractivity contribution in [2.75, 3.05) is 18.5 Å². The Morgan fingerprint density at radius 1 is 1.17 bits per heavy atom. The Bertz CT molecular complexity index is 952. The molecule has 2 aromatic rings. The van der Waals surface area contributed by atoms with Crippen LogP contribution in [-0.2, 0) is 15.7 Å². The van der Waals surface area contributed by atoms with Crippen molar-refractivity contribution >= 4 is 17.5 Å². The minimum Gasteiger partial charge on any atom is -0.456 e. The van der Waals surface area contributed by atoms with Crippen LogP contribution >= 0.6 is 0 Å². The Morgan fingerprint density at radius 3 is 2.47 bits per heavy atom. The van der Waals surface area contributed by atoms with E-state index in [4.69, 9.17) is 13.9 Å². The monoisotopic (exact) mass is 426 g/mol. The maximum Gasteiger partial charge on any atom is 0.416 e. The van der Waals surface area contributed by atoms with Gasteiger partial charge in [-0.15, -0.1) is 0 Å². The van der Waals surface area contributed by atoms with Gasteiger partial charge >= 0.3 is 6.18 Å². The van der Waals surface area contributed by atoms with Crippen LogP contribution in [0.15, 0.2) is 34.7 Å². The van der Waals surface area contributed by atoms with Gasteiger partial charge in [-0.1, -0.05) is 0 Å². The predicted octanol–water partition coefficient (Wildman–Crippen LogP) is 3.74. The summed E-state index contributed by atoms with van der Waals surface area (Å²) >= 11 is 0. The fourth-order valence-electron chi connectivity index (χ4n) is 2.92. The van der Waals surface area contributed by atoms with Gasteiger partial charge in [0.1, 0.15) is 11.9 Å². The van der Waals surface area contributed by atoms with Gasteiger partial charge in [-0.3, -0.25) is 9.59 Å². The highest BCUT2D eigenvalue weighted by molar-refractivity contribution is 6.03. The smallest absolute Gasteiger partial charge is 0.416 e. The lowest BCUT2D eigenvalue weighted by Crippen LogP contribution is -2.34. The van der Waals surface area contributed by atoms with Crippen LogP contribution in [0.4, 0.5) is 18.9 Å². The van der Waals surface area contributed by atoms with E-state index >= 15 is 0 Å². The molecule has 0 bridgehead atoms. The molecule has 1 aromatic carbocycles. The van der Waals surface area contributed by atoms with Crippen molar-refractivity contribution in [3.63, 3.8) is 0 Å². The van der Waals surface area contributed by atoms with Crippen LogP contribution in [0.25, 0.3) is 0 Å². The van der Waals surface area contributed by atoms with E-state index in [1.165, 1.54) is 6.07 Å². The summed E-state index contributed by atoms with van der Waals surface area (Å²) in [4.78, 5) is 24.7. The first-order valence-corrected chi connectivity index (χ1v) is 9.13. The van der Waals surface area contributed by atoms with Crippen molar-refractivity contribution < 1.29 is 36.7 Å². The minimum atomic E-state index is -4.70. The number of nitrogens with one attached hydrogen (secondary N) is 2. The molecular formula is C20H21F3N2O5. The molecular weight excluding hydrogens is 405 g/mol. The Morgan fingerprint density at radius 2 is 1.90 bits per heavy atom. The normalized spacial score (nSPS) is 18.3. The number of ether oxygens (including phenoxy) is 2. The van der Waals surface area contributed by atoms with E-state index in [9.17, 15) is 22.8 Å². The molecule has 1 fully saturated rings. The Labute approximate surface area is 170 Å². The number of anilines is 1. The van der Waals surface area contributed by atoms with E-state index in [1.807, 2.05) is 0 Å². The van der Waals surface area contributed by atoms with Gasteiger partial charge in [-0.2, -0.15) is 13.2 Å². The topological polar surface area (TPSA) is 89.8 Å². The third-order valence-electron chi connectivity index (χ3n) is 4.30. The molecule has 30 heavy (non-hydrogen) atoms. The van der Waals surface area contributed by atoms with Crippen LogP contribution in [0.2, 0.25) is 0 Å². The number of alkyl halides is 3. The lowest BCUT2D eigenvalue weighted by molar-refractivity contribution is -0.138. The highest BCUT2D eigenvalue weighted by Crippen LogP contribution is 2.32. The van der Waals surface area contributed by atoms with Crippen LogP contribution in [0, 0.1) is 6.92 Å². The maximum atomic E-state index is 13.3. The molecule has 2 N–H and O–H groups in total. The highest BCUT2D eigenvalue weighted by atomic mass is 19.4. The van der Waals surface area contributed by atoms with Gasteiger partial charge in [0, 0.05) is 17.8 Å². The highest BCUT2D eigenvalue weighted by Gasteiger charge is 2.34. The average molecular weight is 426 g/mol. The molecule has 0 saturated carbocycles. The largest absolute Gasteiger partial charge is 0.456 e. The van der Waals surface area contributed by atoms with Crippen LogP contribution in [0.1, 0.15) is 46.1 Å². The van der Waals surface area contributed by atoms with Crippen molar-refractivity contribution in [2.45, 2.75) is 38.8 Å². The fourth-order valence-corrected chi connectivity index (χ4v) is 2.92. The Kier molecular flexibility index (Phi) is 5.91. The molecule has 1 atom stereocenters. The van der Waals surface area contributed by atoms with E-state index in [-0.39, 0.29) is 30.2 Å². The van der Waals surface area contributed by atoms with Crippen molar-refractivity contribution in [3.05, 3.63) is 53.0 Å². The van der Waals surface area contributed by atoms with E-state index in [1.54, 1.807) is 26.8 Å². The lowest BCUT2D eigenvalue weighted by Gasteiger charge is -2.17. The van der Waals surface area contributed by atoms with Gasteiger partial charge in [0.05, 0.1) is 12.2 Å². The van der Waals surface area contributed by atoms with Crippen LogP contribution in [-0.4, -0.2) is 36.9 Å². The summed E-state index contributed by atoms with van der Waals surface area (Å²) in [6.07, 6.45) is -5.13. The summed E-state index contributed by atoms with van der Waals surface area (Å²) < 4.78 is 56.0. The number of halogens is 3. The third kappa shape index (κ3) is 5.39. The Hall–Kier alpha value is -2.85. The van der Waals surface area contributed by atoms with E-state index in [0.29, 0.717) is 5.76 Å². The van der Waals surface area contributed by atoms with Crippen LogP contribution in [0.3, 0.4) is 0 Å². The number of aryl methyl sites for hydroxylation is 1. The first kappa shape index (κ1) is 21.8. The number of carbonyl (C=O) groups is 2. The number of amides is 2. The standard InChI is InChI=1S/C20H21F3N2O5/c1-11-4-5-16(29-11)18(27)25-14-7-12(6-13(8-14)20(21,22)23)17(26)24-9-15-10-28-19(2,3)30-15/h4-8,15H,9-10H2,1-3H3,(H,24,26)(H,25,27)/t15-/m0/s1. The van der Waals surface area contributed by atoms with Gasteiger partial charge in [0.15, 0.2) is 11.5 Å². The zero-order chi connectivity index (χ0) is 22.1. The molecule has 7 nitrogen and oxygen atoms in total. The molecule has 0 unspecified atom stereocenters. The molecule has 1 aromatic heterocycles. The first-order valence-electron chi connectivity index (χ1n) is 9.13. The first-order chi connectivity index (χ1) is 13.9. The molecule has 162 valence electrons. The molecule has 3 rings (SSSR count). The average Bonchev–Trinajstić information content (AvgIpc) is 3.23. The van der Waals surface area contributed by atoms with Crippen LogP contribution in [0.5, 0.6) is 0 Å². The SMILES string of the molecule is Cc1ccc(C(=O)Nc2cc(C(=O)NC[C@H]3COC(C)(C)O3)cc(C(F)(F)F)c2)o1. The molecule has 0 radical (unpaired) electrons. The predicted molar refractivity (Wildman–Crippen MR) is 100 cm³/mol. The summed E-state index contributed by atoms with van der Waals surface area (Å²) in [6.45, 7) is 5.38. The molecule has 0 aliphatic carbocycles. The number of hydrogen-bond acceptors (Lipinski definition) is 5. The van der Waals surface area contributed by atoms with Crippen molar-refractivity contribution in [3.8, 4) is 0 Å². The molecule has 2 heterocycles. The van der Waals surface area contributed by atoms with Crippen molar-refractivity contribution in [1.82, 2.24) is 5.32 Å². The second kappa shape index (κ2) is 8.11. The van der Waals surface area contributed by atoms with Gasteiger partial charge in [-0.25, -0.2) is 0 Å². The second-order valence-corrected chi connectivity index (χ2v) is 7.32. The van der Waals surface area contributed by atoms with Gasteiger partial charge in [0.2, 0.25) is 0 Å². The van der Waals surface area contributed by atoms with Gasteiger partial charge in [-0.05, 0) is 51.1 Å². The summed E-state index contributed by atoms with van der Waals surface area (Å²) in [6, 6.07) is 5.58. The zero-order valence-electron chi connectivity index (χ0n) is 16.6. The summed E-state index contributed by atoms with van der Waals surface area (Å²) in [7, 11) is 0. The summed E-state index contributed by atoms with van der Waals surface area (Å²) in [5.74, 6) is -1.83. The fraction of sp³-hybridized carbons (Fsp3) is 0.400. The summed E-state index contributed by atoms with van der Waals surface area (Å²) in [5, 5.41) is 4.86. The number of furan rings is 1. The molecule has 1 saturated heterocycles. The van der Waals surface area contributed by atoms with Gasteiger partial charge < -0.3 is 24.5 Å². The number of carbonyl (C=O) groups excluding carboxylic acids is 2. The van der Waals surface area contributed by atoms with Gasteiger partial charge in [0.25, 0.3) is 11.8 Å². The maximum absolute atomic E-state index is 13.3. The zero-order valence-corrected chi connectivity index (χ0v) is 16.6. The number of hydrogen-bond donors (Lipinski definition) is 2. The minimum absolute atomic E-state index is 0.0584. The van der Waals surface area contributed by atoms with E-state index in [2.05, 4.69) is 10.6 Å². The molecule has 10 heteroatoms. The van der Waals surface area contributed by atoms with Crippen molar-refractivity contribution in [1.29, 1.82) is 0 Å². The number of benzene rings is 1. The van der Waals surface area contributed by atoms with E-state index in [0.717, 1.165) is 18.2 Å². The van der Waals surface area contributed by atoms with Crippen molar-refractivity contribution in [2.24, 2.45) is 0 Å². The van der Waals surface area contributed by atoms with E-state index < -0.39 is 35.4 Å². The van der Waals surface area contributed by atoms with Crippen LogP contribution < -0.4 is 10.6 Å². The number of rotatable bonds is 5.